The summed E-state index contributed by atoms with van der Waals surface area (Å²) in [6.07, 6.45) is 3.28. The van der Waals surface area contributed by atoms with E-state index in [9.17, 15) is 4.79 Å². The van der Waals surface area contributed by atoms with Crippen LogP contribution in [0.15, 0.2) is 17.1 Å². The second-order valence-electron chi connectivity index (χ2n) is 4.37. The molecule has 5 heteroatoms. The molecule has 1 aliphatic carbocycles. The minimum Gasteiger partial charge on any atom is -0.496 e. The van der Waals surface area contributed by atoms with Gasteiger partial charge in [-0.1, -0.05) is 0 Å². The third-order valence-corrected chi connectivity index (χ3v) is 3.27. The van der Waals surface area contributed by atoms with E-state index in [4.69, 9.17) is 14.2 Å². The van der Waals surface area contributed by atoms with Gasteiger partial charge in [0.05, 0.1) is 20.8 Å². The maximum absolute atomic E-state index is 10.6. The summed E-state index contributed by atoms with van der Waals surface area (Å²) in [4.78, 5) is 14.5. The number of hydrogen-bond acceptors (Lipinski definition) is 5. The Bertz CT molecular complexity index is 516. The average molecular weight is 263 g/mol. The zero-order valence-electron chi connectivity index (χ0n) is 11.4. The van der Waals surface area contributed by atoms with Crippen LogP contribution in [-0.4, -0.2) is 26.9 Å². The molecule has 0 unspecified atom stereocenters. The highest BCUT2D eigenvalue weighted by Crippen LogP contribution is 2.54. The molecule has 1 fully saturated rings. The number of carbonyl (C=O) groups excluding carboxylic acids is 1. The molecule has 5 nitrogen and oxygen atoms in total. The number of rotatable bonds is 6. The van der Waals surface area contributed by atoms with E-state index in [1.54, 1.807) is 26.4 Å². The summed E-state index contributed by atoms with van der Waals surface area (Å²) in [5.74, 6) is 1.89. The van der Waals surface area contributed by atoms with Gasteiger partial charge in [0, 0.05) is 11.6 Å². The van der Waals surface area contributed by atoms with Gasteiger partial charge < -0.3 is 14.2 Å². The van der Waals surface area contributed by atoms with Crippen LogP contribution in [0.4, 0.5) is 0 Å². The van der Waals surface area contributed by atoms with E-state index in [2.05, 4.69) is 4.99 Å². The minimum atomic E-state index is -0.495. The number of methoxy groups -OCH3 is 2. The second kappa shape index (κ2) is 5.33. The van der Waals surface area contributed by atoms with Crippen molar-refractivity contribution in [1.82, 2.24) is 0 Å². The third-order valence-electron chi connectivity index (χ3n) is 3.27. The lowest BCUT2D eigenvalue weighted by atomic mass is 10.0. The van der Waals surface area contributed by atoms with Crippen molar-refractivity contribution in [2.75, 3.05) is 20.8 Å². The lowest BCUT2D eigenvalue weighted by Crippen LogP contribution is -2.07. The van der Waals surface area contributed by atoms with Gasteiger partial charge in [-0.05, 0) is 25.8 Å². The fraction of sp³-hybridized carbons (Fsp3) is 0.500. The molecule has 0 spiro atoms. The van der Waals surface area contributed by atoms with Gasteiger partial charge in [0.25, 0.3) is 0 Å². The maximum atomic E-state index is 10.6. The largest absolute Gasteiger partial charge is 0.496 e. The molecule has 0 bridgehead atoms. The normalized spacial score (nSPS) is 15.3. The van der Waals surface area contributed by atoms with Crippen molar-refractivity contribution in [1.29, 1.82) is 0 Å². The van der Waals surface area contributed by atoms with Crippen molar-refractivity contribution in [3.05, 3.63) is 17.7 Å². The second-order valence-corrected chi connectivity index (χ2v) is 4.37. The van der Waals surface area contributed by atoms with E-state index in [-0.39, 0.29) is 0 Å². The zero-order valence-corrected chi connectivity index (χ0v) is 11.4. The van der Waals surface area contributed by atoms with Gasteiger partial charge in [0.15, 0.2) is 11.5 Å². The number of benzene rings is 1. The first-order valence-corrected chi connectivity index (χ1v) is 6.19. The van der Waals surface area contributed by atoms with Crippen LogP contribution in [0.1, 0.15) is 25.3 Å². The molecule has 0 N–H and O–H groups in total. The first-order valence-electron chi connectivity index (χ1n) is 6.19. The number of isocyanates is 1. The van der Waals surface area contributed by atoms with E-state index in [0.29, 0.717) is 23.9 Å². The van der Waals surface area contributed by atoms with Gasteiger partial charge >= 0.3 is 0 Å². The fourth-order valence-corrected chi connectivity index (χ4v) is 2.15. The standard InChI is InChI=1S/C14H17NO4/c1-4-19-13-7-10(14(5-6-14)15-9-16)11(17-2)8-12(13)18-3/h7-8H,4-6H2,1-3H3. The molecule has 0 heterocycles. The molecule has 0 amide bonds. The van der Waals surface area contributed by atoms with Crippen LogP contribution >= 0.6 is 0 Å². The molecule has 0 atom stereocenters. The molecule has 19 heavy (non-hydrogen) atoms. The molecule has 102 valence electrons. The van der Waals surface area contributed by atoms with Crippen LogP contribution in [0, 0.1) is 0 Å². The van der Waals surface area contributed by atoms with Crippen LogP contribution in [-0.2, 0) is 10.3 Å². The van der Waals surface area contributed by atoms with Crippen LogP contribution < -0.4 is 14.2 Å². The summed E-state index contributed by atoms with van der Waals surface area (Å²) in [6, 6.07) is 3.61. The van der Waals surface area contributed by atoms with Gasteiger partial charge in [-0.15, -0.1) is 0 Å². The Balaban J connectivity index is 2.53. The van der Waals surface area contributed by atoms with Crippen molar-refractivity contribution < 1.29 is 19.0 Å². The van der Waals surface area contributed by atoms with Crippen molar-refractivity contribution in [2.24, 2.45) is 4.99 Å². The fourth-order valence-electron chi connectivity index (χ4n) is 2.15. The summed E-state index contributed by atoms with van der Waals surface area (Å²) in [5, 5.41) is 0. The van der Waals surface area contributed by atoms with Crippen LogP contribution in [0.2, 0.25) is 0 Å². The Morgan fingerprint density at radius 3 is 2.37 bits per heavy atom. The molecule has 1 aromatic carbocycles. The number of nitrogens with zero attached hydrogens (tertiary/aromatic N) is 1. The molecular weight excluding hydrogens is 246 g/mol. The van der Waals surface area contributed by atoms with Gasteiger partial charge in [0.1, 0.15) is 11.3 Å². The summed E-state index contributed by atoms with van der Waals surface area (Å²) < 4.78 is 16.2. The Morgan fingerprint density at radius 2 is 1.89 bits per heavy atom. The number of ether oxygens (including phenoxy) is 3. The highest BCUT2D eigenvalue weighted by Gasteiger charge is 2.47. The Labute approximate surface area is 112 Å². The van der Waals surface area contributed by atoms with Crippen molar-refractivity contribution in [3.63, 3.8) is 0 Å². The summed E-state index contributed by atoms with van der Waals surface area (Å²) >= 11 is 0. The first kappa shape index (κ1) is 13.4. The van der Waals surface area contributed by atoms with Crippen LogP contribution in [0.3, 0.4) is 0 Å². The summed E-state index contributed by atoms with van der Waals surface area (Å²) in [7, 11) is 3.16. The minimum absolute atomic E-state index is 0.495. The zero-order chi connectivity index (χ0) is 13.9. The Kier molecular flexibility index (Phi) is 3.76. The van der Waals surface area contributed by atoms with Crippen molar-refractivity contribution >= 4 is 6.08 Å². The van der Waals surface area contributed by atoms with Gasteiger partial charge in [-0.2, -0.15) is 4.99 Å². The van der Waals surface area contributed by atoms with E-state index >= 15 is 0 Å². The molecule has 1 saturated carbocycles. The van der Waals surface area contributed by atoms with Crippen LogP contribution in [0.5, 0.6) is 17.2 Å². The van der Waals surface area contributed by atoms with Gasteiger partial charge in [0.2, 0.25) is 6.08 Å². The third kappa shape index (κ3) is 2.42. The van der Waals surface area contributed by atoms with E-state index in [0.717, 1.165) is 18.4 Å². The van der Waals surface area contributed by atoms with Crippen molar-refractivity contribution in [2.45, 2.75) is 25.3 Å². The number of aliphatic imine (C=N–C) groups is 1. The Morgan fingerprint density at radius 1 is 1.21 bits per heavy atom. The monoisotopic (exact) mass is 263 g/mol. The molecule has 2 rings (SSSR count). The van der Waals surface area contributed by atoms with E-state index in [1.165, 1.54) is 0 Å². The predicted molar refractivity (Wildman–Crippen MR) is 69.7 cm³/mol. The quantitative estimate of drug-likeness (QED) is 0.584. The molecule has 0 saturated heterocycles. The Hall–Kier alpha value is -2.00. The number of hydrogen-bond donors (Lipinski definition) is 0. The molecule has 0 aliphatic heterocycles. The highest BCUT2D eigenvalue weighted by molar-refractivity contribution is 5.56. The van der Waals surface area contributed by atoms with E-state index in [1.807, 2.05) is 13.0 Å². The maximum Gasteiger partial charge on any atom is 0.235 e. The van der Waals surface area contributed by atoms with Crippen molar-refractivity contribution in [3.8, 4) is 17.2 Å². The van der Waals surface area contributed by atoms with Gasteiger partial charge in [-0.25, -0.2) is 4.79 Å². The van der Waals surface area contributed by atoms with Gasteiger partial charge in [-0.3, -0.25) is 0 Å². The molecular formula is C14H17NO4. The SMILES string of the molecule is CCOc1cc(C2(N=C=O)CC2)c(OC)cc1OC. The topological polar surface area (TPSA) is 57.1 Å². The predicted octanol–water partition coefficient (Wildman–Crippen LogP) is 2.43. The molecule has 1 aliphatic rings. The molecule has 0 aromatic heterocycles. The van der Waals surface area contributed by atoms with Crippen LogP contribution in [0.25, 0.3) is 0 Å². The summed E-state index contributed by atoms with van der Waals surface area (Å²) in [5.41, 5.74) is 0.355. The first-order chi connectivity index (χ1) is 9.20. The lowest BCUT2D eigenvalue weighted by Gasteiger charge is -2.17. The highest BCUT2D eigenvalue weighted by atomic mass is 16.5. The molecule has 0 radical (unpaired) electrons. The van der Waals surface area contributed by atoms with E-state index < -0.39 is 5.54 Å². The molecule has 1 aromatic rings. The average Bonchev–Trinajstić information content (AvgIpc) is 3.20. The lowest BCUT2D eigenvalue weighted by molar-refractivity contribution is 0.307. The summed E-state index contributed by atoms with van der Waals surface area (Å²) in [6.45, 7) is 2.44. The smallest absolute Gasteiger partial charge is 0.235 e.